The van der Waals surface area contributed by atoms with Crippen LogP contribution in [-0.2, 0) is 9.68 Å². The maximum Gasteiger partial charge on any atom is 0.345 e. The Morgan fingerprint density at radius 3 is 1.44 bits per heavy atom. The van der Waals surface area contributed by atoms with E-state index in [2.05, 4.69) is 86.7 Å². The summed E-state index contributed by atoms with van der Waals surface area (Å²) in [5.41, 5.74) is 4.61. The summed E-state index contributed by atoms with van der Waals surface area (Å²) in [6.45, 7) is 39.7. The second-order valence-electron chi connectivity index (χ2n) is 17.1. The smallest absolute Gasteiger partial charge is 0.319 e. The molecule has 28 heteroatoms. The number of H-pyrrole nitrogens is 1. The molecule has 8 amide bonds. The van der Waals surface area contributed by atoms with E-state index in [1.165, 1.54) is 38.5 Å². The molecule has 0 aromatic carbocycles. The van der Waals surface area contributed by atoms with Crippen LogP contribution in [0.25, 0.3) is 36.5 Å². The van der Waals surface area contributed by atoms with Crippen LogP contribution in [0.3, 0.4) is 0 Å². The fourth-order valence-corrected chi connectivity index (χ4v) is 9.42. The normalized spacial score (nSPS) is 21.3. The van der Waals surface area contributed by atoms with Gasteiger partial charge in [-0.15, -0.1) is 13.2 Å². The maximum absolute atomic E-state index is 12.1. The van der Waals surface area contributed by atoms with Gasteiger partial charge in [-0.1, -0.05) is 12.2 Å². The number of urea groups is 4. The van der Waals surface area contributed by atoms with Gasteiger partial charge in [0.05, 0.1) is 132 Å². The number of rotatable bonds is 9. The Morgan fingerprint density at radius 2 is 1.03 bits per heavy atom. The molecule has 0 aliphatic carbocycles. The van der Waals surface area contributed by atoms with Crippen molar-refractivity contribution in [1.29, 1.82) is 0 Å². The molecule has 8 aliphatic rings. The first-order valence-electron chi connectivity index (χ1n) is 22.8. The Bertz CT molecular complexity index is 3040. The second kappa shape index (κ2) is 23.2. The summed E-state index contributed by atoms with van der Waals surface area (Å²) in [5.74, 6) is 0. The van der Waals surface area contributed by atoms with Crippen molar-refractivity contribution in [2.24, 2.45) is 0 Å². The molecular weight excluding hydrogens is 1080 g/mol. The molecule has 75 heavy (non-hydrogen) atoms. The minimum Gasteiger partial charge on any atom is -0.319 e. The quantitative estimate of drug-likeness (QED) is 0.0877. The summed E-state index contributed by atoms with van der Waals surface area (Å²) in [6, 6.07) is -0.799. The van der Waals surface area contributed by atoms with Gasteiger partial charge >= 0.3 is 24.1 Å². The van der Waals surface area contributed by atoms with E-state index in [0.717, 1.165) is 35.2 Å². The highest BCUT2D eigenvalue weighted by Gasteiger charge is 2.43. The molecule has 4 unspecified atom stereocenters. The van der Waals surface area contributed by atoms with E-state index in [9.17, 15) is 24.4 Å². The molecule has 4 aromatic rings. The van der Waals surface area contributed by atoms with Crippen LogP contribution in [0.2, 0.25) is 0 Å². The van der Waals surface area contributed by atoms with Gasteiger partial charge in [-0.05, 0) is 46.9 Å². The number of nitrogens with one attached hydrogen (secondary N) is 1. The first-order valence-corrected chi connectivity index (χ1v) is 23.9. The predicted molar refractivity (Wildman–Crippen MR) is 276 cm³/mol. The predicted octanol–water partition coefficient (Wildman–Crippen LogP) is 5.82. The lowest BCUT2D eigenvalue weighted by atomic mass is 10.2. The molecule has 8 aliphatic heterocycles. The van der Waals surface area contributed by atoms with Gasteiger partial charge in [-0.25, -0.2) is 38.6 Å². The Balaban J connectivity index is 0.000000128. The zero-order chi connectivity index (χ0) is 53.3. The highest BCUT2D eigenvalue weighted by molar-refractivity contribution is 14.1. The van der Waals surface area contributed by atoms with Crippen molar-refractivity contribution in [2.75, 3.05) is 72.6 Å². The lowest BCUT2D eigenvalue weighted by Gasteiger charge is -2.21. The molecule has 4 fully saturated rings. The molecule has 4 aromatic heterocycles. The van der Waals surface area contributed by atoms with Crippen LogP contribution in [0, 0.1) is 26.3 Å². The first-order chi connectivity index (χ1) is 36.2. The Morgan fingerprint density at radius 1 is 0.613 bits per heavy atom. The Hall–Kier alpha value is -9.07. The first kappa shape index (κ1) is 52.3. The molecule has 4 atom stereocenters. The van der Waals surface area contributed by atoms with Crippen molar-refractivity contribution in [3.05, 3.63) is 148 Å². The summed E-state index contributed by atoms with van der Waals surface area (Å²) in [7, 11) is 1.81. The average molecular weight is 1130 g/mol. The van der Waals surface area contributed by atoms with Crippen LogP contribution < -0.4 is 0 Å². The number of halogens is 1. The van der Waals surface area contributed by atoms with E-state index < -0.39 is 0 Å². The molecule has 0 radical (unpaired) electrons. The van der Waals surface area contributed by atoms with Crippen molar-refractivity contribution < 1.29 is 34.1 Å². The van der Waals surface area contributed by atoms with Crippen molar-refractivity contribution >= 4 is 86.6 Å². The largest absolute Gasteiger partial charge is 0.345 e. The topological polar surface area (TPSA) is 232 Å². The molecule has 12 heterocycles. The third-order valence-electron chi connectivity index (χ3n) is 12.2. The number of carbonyl (C=O) groups is 4. The van der Waals surface area contributed by atoms with E-state index in [-0.39, 0.29) is 48.3 Å². The van der Waals surface area contributed by atoms with E-state index in [1.807, 2.05) is 12.2 Å². The van der Waals surface area contributed by atoms with Gasteiger partial charge in [-0.2, -0.15) is 35.6 Å². The summed E-state index contributed by atoms with van der Waals surface area (Å²) >= 11 is 2.25. The molecule has 0 saturated carbocycles. The number of aromatic nitrogens is 8. The molecule has 384 valence electrons. The fourth-order valence-electron chi connectivity index (χ4n) is 8.59. The molecule has 2 N–H and O–H groups in total. The number of fused-ring (bicyclic) bond motifs is 8. The standard InChI is InChI=1S/C13H13N5O2.C11H11N5O.C10H9N5O2.C9H11IN2O2.C4H3N3/c1-3-4-20-18-12-5-11(8-16(9-12)13(18)19)17-7-10(14-2)6-15-17;1-12-8-4-13-16(5-8)10-3-9-6-15(7-10)11(17)14(9)2;1-11-7-3-12-14(4-7)8-2-9-6-13(5-8)10(16)15(9)17;1-2-3-14-12-8-4-7(10)5-11(6-8)9(12)13;1-5-4-2-6-7-3-4/h3,5-7,12H,1,4,8-9H2;3-5,9H,6-7H2,2H3;2-4,9,17H,5-6H2;2,4,8H,1,3,5-6H2;2-3H,(H,6,7). The van der Waals surface area contributed by atoms with Crippen LogP contribution in [-0.4, -0.2) is 205 Å². The van der Waals surface area contributed by atoms with E-state index in [0.29, 0.717) is 75.2 Å². The van der Waals surface area contributed by atoms with Gasteiger partial charge < -0.3 is 24.5 Å². The number of hydrogen-bond donors (Lipinski definition) is 2. The Kier molecular flexibility index (Phi) is 16.2. The minimum absolute atomic E-state index is 0.0419. The van der Waals surface area contributed by atoms with Gasteiger partial charge in [0, 0.05) is 61.6 Å². The van der Waals surface area contributed by atoms with Crippen molar-refractivity contribution in [3.63, 3.8) is 0 Å². The highest BCUT2D eigenvalue weighted by Crippen LogP contribution is 2.30. The zero-order valence-corrected chi connectivity index (χ0v) is 42.3. The van der Waals surface area contributed by atoms with Crippen LogP contribution in [0.4, 0.5) is 41.9 Å². The number of likely N-dealkylation sites (N-methyl/N-ethyl adjacent to an activating group) is 1. The minimum atomic E-state index is -0.390. The molecule has 0 spiro atoms. The van der Waals surface area contributed by atoms with Crippen molar-refractivity contribution in [2.45, 2.75) is 24.2 Å². The molecule has 27 nitrogen and oxygen atoms in total. The van der Waals surface area contributed by atoms with Gasteiger partial charge in [0.1, 0.15) is 0 Å². The van der Waals surface area contributed by atoms with E-state index in [1.54, 1.807) is 88.6 Å². The van der Waals surface area contributed by atoms with Gasteiger partial charge in [0.2, 0.25) is 22.7 Å². The van der Waals surface area contributed by atoms with Crippen LogP contribution >= 0.6 is 22.6 Å². The lowest BCUT2D eigenvalue weighted by Crippen LogP contribution is -2.33. The van der Waals surface area contributed by atoms with Gasteiger partial charge in [0.25, 0.3) is 0 Å². The number of hydrogen-bond acceptors (Lipinski definition) is 11. The van der Waals surface area contributed by atoms with Crippen LogP contribution in [0.15, 0.2) is 103 Å². The SMILES string of the molecule is C=CCON1C(=O)N2CC(I)=CC1C2.[C-]#[N+]c1cn[nH]c1.[C-]#[N+]c1cnn(C2=CC3CN(C2)C(=O)N3C)c1.[C-]#[N+]c1cnn(C2=CC3CN(C2)C(=O)N3O)c1.[C-]#[N+]c1cnn(C2=CC3CN(C2)C(=O)N3OCC=C)c1. The fraction of sp³-hybridized carbons (Fsp3) is 0.319. The lowest BCUT2D eigenvalue weighted by molar-refractivity contribution is -0.107. The number of carbonyl (C=O) groups excluding carboxylic acids is 4. The van der Waals surface area contributed by atoms with Gasteiger partial charge in [0.15, 0.2) is 0 Å². The third-order valence-corrected chi connectivity index (χ3v) is 12.9. The number of hydroxylamine groups is 6. The average Bonchev–Trinajstić information content (AvgIpc) is 4.34. The molecule has 12 rings (SSSR count). The summed E-state index contributed by atoms with van der Waals surface area (Å²) < 4.78 is 6.08. The number of amides is 8. The van der Waals surface area contributed by atoms with Crippen molar-refractivity contribution in [1.82, 2.24) is 79.2 Å². The van der Waals surface area contributed by atoms with Crippen LogP contribution in [0.5, 0.6) is 0 Å². The highest BCUT2D eigenvalue weighted by atomic mass is 127. The molecule has 8 bridgehead atoms. The van der Waals surface area contributed by atoms with E-state index >= 15 is 0 Å². The Labute approximate surface area is 443 Å². The summed E-state index contributed by atoms with van der Waals surface area (Å²) in [5, 5.41) is 31.4. The summed E-state index contributed by atoms with van der Waals surface area (Å²) in [6.07, 6.45) is 23.6. The maximum atomic E-state index is 12.1. The number of nitrogens with zero attached hydrogens (tertiary/aromatic N) is 19. The zero-order valence-electron chi connectivity index (χ0n) is 40.1. The number of aromatic amines is 1. The summed E-state index contributed by atoms with van der Waals surface area (Å²) in [4.78, 5) is 79.3. The van der Waals surface area contributed by atoms with E-state index in [4.69, 9.17) is 36.0 Å². The third kappa shape index (κ3) is 11.6. The second-order valence-corrected chi connectivity index (χ2v) is 18.5. The van der Waals surface area contributed by atoms with Gasteiger partial charge in [-0.3, -0.25) is 34.0 Å². The molecule has 4 saturated heterocycles. The molecular formula is C47H47IN20O7. The monoisotopic (exact) mass is 1130 g/mol. The van der Waals surface area contributed by atoms with Crippen molar-refractivity contribution in [3.8, 4) is 0 Å². The van der Waals surface area contributed by atoms with Crippen LogP contribution in [0.1, 0.15) is 0 Å².